The highest BCUT2D eigenvalue weighted by Gasteiger charge is 2.20. The molecule has 0 aromatic heterocycles. The Balaban J connectivity index is 3.71. The zero-order valence-electron chi connectivity index (χ0n) is 5.68. The van der Waals surface area contributed by atoms with Crippen LogP contribution in [0, 0.1) is 5.92 Å². The molecule has 0 spiro atoms. The van der Waals surface area contributed by atoms with E-state index in [0.717, 1.165) is 0 Å². The van der Waals surface area contributed by atoms with Gasteiger partial charge in [0.2, 0.25) is 6.43 Å². The van der Waals surface area contributed by atoms with Crippen molar-refractivity contribution >= 4 is 5.97 Å². The van der Waals surface area contributed by atoms with E-state index in [4.69, 9.17) is 5.11 Å². The van der Waals surface area contributed by atoms with Crippen molar-refractivity contribution in [1.29, 1.82) is 0 Å². The number of halogens is 2. The van der Waals surface area contributed by atoms with Crippen molar-refractivity contribution in [2.24, 2.45) is 5.92 Å². The van der Waals surface area contributed by atoms with E-state index in [1.165, 1.54) is 0 Å². The van der Waals surface area contributed by atoms with E-state index in [9.17, 15) is 13.6 Å². The van der Waals surface area contributed by atoms with Crippen molar-refractivity contribution < 1.29 is 18.7 Å². The molecule has 0 aromatic rings. The molecular formula is C6H10F2O2. The van der Waals surface area contributed by atoms with Gasteiger partial charge in [0, 0.05) is 5.92 Å². The van der Waals surface area contributed by atoms with Crippen LogP contribution in [-0.4, -0.2) is 17.5 Å². The van der Waals surface area contributed by atoms with Gasteiger partial charge in [0.25, 0.3) is 0 Å². The third kappa shape index (κ3) is 3.37. The maximum Gasteiger partial charge on any atom is 0.303 e. The van der Waals surface area contributed by atoms with E-state index in [2.05, 4.69) is 0 Å². The lowest BCUT2D eigenvalue weighted by molar-refractivity contribution is -0.139. The first kappa shape index (κ1) is 9.33. The summed E-state index contributed by atoms with van der Waals surface area (Å²) in [5.41, 5.74) is 0. The van der Waals surface area contributed by atoms with E-state index in [1.807, 2.05) is 0 Å². The monoisotopic (exact) mass is 152 g/mol. The number of carboxylic acids is 1. The molecule has 0 amide bonds. The van der Waals surface area contributed by atoms with Crippen molar-refractivity contribution in [1.82, 2.24) is 0 Å². The first-order valence-electron chi connectivity index (χ1n) is 3.07. The molecule has 1 unspecified atom stereocenters. The van der Waals surface area contributed by atoms with Gasteiger partial charge in [-0.3, -0.25) is 4.79 Å². The van der Waals surface area contributed by atoms with Crippen molar-refractivity contribution in [2.45, 2.75) is 26.2 Å². The van der Waals surface area contributed by atoms with Gasteiger partial charge in [-0.1, -0.05) is 6.92 Å². The van der Waals surface area contributed by atoms with Gasteiger partial charge in [-0.05, 0) is 6.42 Å². The maximum atomic E-state index is 11.8. The van der Waals surface area contributed by atoms with E-state index in [-0.39, 0.29) is 6.42 Å². The van der Waals surface area contributed by atoms with Gasteiger partial charge in [0.05, 0.1) is 6.42 Å². The Morgan fingerprint density at radius 1 is 1.60 bits per heavy atom. The van der Waals surface area contributed by atoms with Crippen LogP contribution in [0.5, 0.6) is 0 Å². The lowest BCUT2D eigenvalue weighted by atomic mass is 10.0. The molecule has 1 N–H and O–H groups in total. The minimum absolute atomic E-state index is 0.212. The predicted molar refractivity (Wildman–Crippen MR) is 32.0 cm³/mol. The molecule has 0 bridgehead atoms. The smallest absolute Gasteiger partial charge is 0.303 e. The molecule has 0 heterocycles. The first-order chi connectivity index (χ1) is 4.57. The van der Waals surface area contributed by atoms with Crippen LogP contribution in [0.15, 0.2) is 0 Å². The second-order valence-corrected chi connectivity index (χ2v) is 2.10. The molecule has 0 aliphatic carbocycles. The fraction of sp³-hybridized carbons (Fsp3) is 0.833. The van der Waals surface area contributed by atoms with Crippen LogP contribution in [0.3, 0.4) is 0 Å². The Kier molecular flexibility index (Phi) is 3.91. The van der Waals surface area contributed by atoms with Gasteiger partial charge in [0.15, 0.2) is 0 Å². The molecular weight excluding hydrogens is 142 g/mol. The van der Waals surface area contributed by atoms with Gasteiger partial charge < -0.3 is 5.11 Å². The van der Waals surface area contributed by atoms with Crippen LogP contribution < -0.4 is 0 Å². The molecule has 0 aliphatic heterocycles. The lowest BCUT2D eigenvalue weighted by Gasteiger charge is -2.09. The highest BCUT2D eigenvalue weighted by atomic mass is 19.3. The average Bonchev–Trinajstić information content (AvgIpc) is 1.81. The summed E-state index contributed by atoms with van der Waals surface area (Å²) in [6, 6.07) is 0. The quantitative estimate of drug-likeness (QED) is 0.666. The number of hydrogen-bond acceptors (Lipinski definition) is 1. The summed E-state index contributed by atoms with van der Waals surface area (Å²) in [7, 11) is 0. The molecule has 0 rings (SSSR count). The highest BCUT2D eigenvalue weighted by molar-refractivity contribution is 5.67. The third-order valence-electron chi connectivity index (χ3n) is 1.32. The first-order valence-corrected chi connectivity index (χ1v) is 3.07. The fourth-order valence-electron chi connectivity index (χ4n) is 0.636. The summed E-state index contributed by atoms with van der Waals surface area (Å²) in [5, 5.41) is 8.13. The Bertz CT molecular complexity index is 114. The van der Waals surface area contributed by atoms with E-state index in [1.54, 1.807) is 6.92 Å². The summed E-state index contributed by atoms with van der Waals surface area (Å²) in [5.74, 6) is -2.15. The van der Waals surface area contributed by atoms with Crippen LogP contribution in [0.25, 0.3) is 0 Å². The average molecular weight is 152 g/mol. The molecule has 60 valence electrons. The van der Waals surface area contributed by atoms with Gasteiger partial charge in [-0.15, -0.1) is 0 Å². The molecule has 0 fully saturated rings. The summed E-state index contributed by atoms with van der Waals surface area (Å²) in [6.07, 6.45) is -2.74. The normalized spacial score (nSPS) is 13.6. The number of hydrogen-bond donors (Lipinski definition) is 1. The minimum atomic E-state index is -2.51. The Labute approximate surface area is 57.9 Å². The van der Waals surface area contributed by atoms with Crippen LogP contribution in [0.1, 0.15) is 19.8 Å². The molecule has 2 nitrogen and oxygen atoms in total. The second kappa shape index (κ2) is 4.19. The van der Waals surface area contributed by atoms with Crippen LogP contribution >= 0.6 is 0 Å². The summed E-state index contributed by atoms with van der Waals surface area (Å²) >= 11 is 0. The van der Waals surface area contributed by atoms with Gasteiger partial charge >= 0.3 is 5.97 Å². The number of carboxylic acid groups (broad SMARTS) is 1. The summed E-state index contributed by atoms with van der Waals surface area (Å²) < 4.78 is 23.6. The highest BCUT2D eigenvalue weighted by Crippen LogP contribution is 2.17. The number of alkyl halides is 2. The van der Waals surface area contributed by atoms with E-state index < -0.39 is 24.7 Å². The summed E-state index contributed by atoms with van der Waals surface area (Å²) in [4.78, 5) is 9.94. The molecule has 0 saturated carbocycles. The molecule has 0 radical (unpaired) electrons. The number of rotatable bonds is 4. The van der Waals surface area contributed by atoms with Gasteiger partial charge in [-0.2, -0.15) is 0 Å². The predicted octanol–water partition coefficient (Wildman–Crippen LogP) is 1.75. The van der Waals surface area contributed by atoms with Crippen molar-refractivity contribution in [3.05, 3.63) is 0 Å². The zero-order valence-corrected chi connectivity index (χ0v) is 5.68. The number of aliphatic carboxylic acids is 1. The van der Waals surface area contributed by atoms with Crippen LogP contribution in [0.4, 0.5) is 8.78 Å². The van der Waals surface area contributed by atoms with Crippen LogP contribution in [-0.2, 0) is 4.79 Å². The fourth-order valence-corrected chi connectivity index (χ4v) is 0.636. The second-order valence-electron chi connectivity index (χ2n) is 2.10. The van der Waals surface area contributed by atoms with Gasteiger partial charge in [-0.25, -0.2) is 8.78 Å². The molecule has 4 heteroatoms. The van der Waals surface area contributed by atoms with Crippen molar-refractivity contribution in [3.63, 3.8) is 0 Å². The maximum absolute atomic E-state index is 11.8. The van der Waals surface area contributed by atoms with Gasteiger partial charge in [0.1, 0.15) is 0 Å². The van der Waals surface area contributed by atoms with E-state index in [0.29, 0.717) is 0 Å². The molecule has 0 aromatic carbocycles. The lowest BCUT2D eigenvalue weighted by Crippen LogP contribution is -2.14. The third-order valence-corrected chi connectivity index (χ3v) is 1.32. The Morgan fingerprint density at radius 3 is 2.20 bits per heavy atom. The molecule has 0 aliphatic rings. The molecule has 0 saturated heterocycles. The Morgan fingerprint density at radius 2 is 2.10 bits per heavy atom. The molecule has 1 atom stereocenters. The standard InChI is InChI=1S/C6H10F2O2/c1-2-4(6(7)8)3-5(9)10/h4,6H,2-3H2,1H3,(H,9,10). The molecule has 10 heavy (non-hydrogen) atoms. The van der Waals surface area contributed by atoms with Crippen molar-refractivity contribution in [3.8, 4) is 0 Å². The van der Waals surface area contributed by atoms with E-state index >= 15 is 0 Å². The number of carbonyl (C=O) groups is 1. The minimum Gasteiger partial charge on any atom is -0.481 e. The zero-order chi connectivity index (χ0) is 8.15. The largest absolute Gasteiger partial charge is 0.481 e. The summed E-state index contributed by atoms with van der Waals surface area (Å²) in [6.45, 7) is 1.56. The van der Waals surface area contributed by atoms with Crippen molar-refractivity contribution in [2.75, 3.05) is 0 Å². The van der Waals surface area contributed by atoms with Crippen LogP contribution in [0.2, 0.25) is 0 Å². The Hall–Kier alpha value is -0.670. The topological polar surface area (TPSA) is 37.3 Å². The SMILES string of the molecule is CCC(CC(=O)O)C(F)F.